The van der Waals surface area contributed by atoms with Gasteiger partial charge in [-0.3, -0.25) is 4.79 Å². The lowest BCUT2D eigenvalue weighted by molar-refractivity contribution is 0.0951. The number of halogens is 4. The van der Waals surface area contributed by atoms with Gasteiger partial charge in [0.15, 0.2) is 0 Å². The molecule has 1 N–H and O–H groups in total. The smallest absolute Gasteiger partial charge is 0.253 e. The summed E-state index contributed by atoms with van der Waals surface area (Å²) in [6.07, 6.45) is 0. The standard InChI is InChI=1S/C14H9Cl2F2NO/c15-9-2-4-11(12(16)5-9)14(20)19-7-8-1-3-10(17)6-13(8)18/h1-6H,7H2,(H,19,20). The van der Waals surface area contributed by atoms with Crippen LogP contribution in [0.5, 0.6) is 0 Å². The van der Waals surface area contributed by atoms with Crippen LogP contribution in [0.1, 0.15) is 15.9 Å². The third kappa shape index (κ3) is 3.46. The molecule has 0 radical (unpaired) electrons. The zero-order chi connectivity index (χ0) is 14.7. The molecule has 0 unspecified atom stereocenters. The van der Waals surface area contributed by atoms with Crippen molar-refractivity contribution in [1.82, 2.24) is 5.32 Å². The van der Waals surface area contributed by atoms with Gasteiger partial charge in [0.05, 0.1) is 10.6 Å². The number of carbonyl (C=O) groups excluding carboxylic acids is 1. The number of benzene rings is 2. The Balaban J connectivity index is 2.08. The molecule has 0 aliphatic rings. The minimum Gasteiger partial charge on any atom is -0.348 e. The third-order valence-corrected chi connectivity index (χ3v) is 3.18. The van der Waals surface area contributed by atoms with E-state index < -0.39 is 17.5 Å². The van der Waals surface area contributed by atoms with Crippen LogP contribution >= 0.6 is 23.2 Å². The van der Waals surface area contributed by atoms with E-state index in [4.69, 9.17) is 23.2 Å². The van der Waals surface area contributed by atoms with Crippen molar-refractivity contribution in [3.05, 3.63) is 69.2 Å². The lowest BCUT2D eigenvalue weighted by Crippen LogP contribution is -2.23. The van der Waals surface area contributed by atoms with Gasteiger partial charge < -0.3 is 5.32 Å². The van der Waals surface area contributed by atoms with Gasteiger partial charge in [0, 0.05) is 23.2 Å². The molecule has 0 atom stereocenters. The van der Waals surface area contributed by atoms with Gasteiger partial charge in [-0.15, -0.1) is 0 Å². The Kier molecular flexibility index (Phi) is 4.57. The Morgan fingerprint density at radius 1 is 1.10 bits per heavy atom. The van der Waals surface area contributed by atoms with Crippen molar-refractivity contribution in [2.45, 2.75) is 6.54 Å². The van der Waals surface area contributed by atoms with Crippen molar-refractivity contribution in [1.29, 1.82) is 0 Å². The van der Waals surface area contributed by atoms with E-state index in [-0.39, 0.29) is 22.7 Å². The maximum atomic E-state index is 13.4. The van der Waals surface area contributed by atoms with Gasteiger partial charge >= 0.3 is 0 Å². The van der Waals surface area contributed by atoms with Gasteiger partial charge in [-0.05, 0) is 24.3 Å². The number of nitrogens with one attached hydrogen (secondary N) is 1. The molecule has 2 rings (SSSR count). The topological polar surface area (TPSA) is 29.1 Å². The van der Waals surface area contributed by atoms with Gasteiger partial charge in [0.1, 0.15) is 11.6 Å². The Morgan fingerprint density at radius 3 is 2.50 bits per heavy atom. The average Bonchev–Trinajstić information content (AvgIpc) is 2.37. The quantitative estimate of drug-likeness (QED) is 0.903. The van der Waals surface area contributed by atoms with Crippen LogP contribution in [0.3, 0.4) is 0 Å². The molecule has 6 heteroatoms. The molecule has 1 amide bonds. The summed E-state index contributed by atoms with van der Waals surface area (Å²) in [5, 5.41) is 3.12. The van der Waals surface area contributed by atoms with Gasteiger partial charge in [-0.2, -0.15) is 0 Å². The summed E-state index contributed by atoms with van der Waals surface area (Å²) in [5.41, 5.74) is 0.420. The molecule has 0 fully saturated rings. The molecule has 0 saturated heterocycles. The second-order valence-electron chi connectivity index (χ2n) is 4.04. The van der Waals surface area contributed by atoms with Crippen LogP contribution in [-0.4, -0.2) is 5.91 Å². The van der Waals surface area contributed by atoms with Gasteiger partial charge in [0.2, 0.25) is 0 Å². The SMILES string of the molecule is O=C(NCc1ccc(F)cc1F)c1ccc(Cl)cc1Cl. The summed E-state index contributed by atoms with van der Waals surface area (Å²) >= 11 is 11.6. The first-order valence-electron chi connectivity index (χ1n) is 5.64. The van der Waals surface area contributed by atoms with E-state index in [0.29, 0.717) is 5.02 Å². The second-order valence-corrected chi connectivity index (χ2v) is 4.89. The highest BCUT2D eigenvalue weighted by atomic mass is 35.5. The van der Waals surface area contributed by atoms with Gasteiger partial charge in [0.25, 0.3) is 5.91 Å². The largest absolute Gasteiger partial charge is 0.348 e. The molecular formula is C14H9Cl2F2NO. The molecule has 0 saturated carbocycles. The van der Waals surface area contributed by atoms with Crippen LogP contribution in [0, 0.1) is 11.6 Å². The van der Waals surface area contributed by atoms with E-state index in [0.717, 1.165) is 12.1 Å². The third-order valence-electron chi connectivity index (χ3n) is 2.63. The first-order chi connectivity index (χ1) is 9.47. The lowest BCUT2D eigenvalue weighted by atomic mass is 10.2. The Bertz CT molecular complexity index is 662. The highest BCUT2D eigenvalue weighted by Gasteiger charge is 2.11. The Labute approximate surface area is 124 Å². The number of hydrogen-bond donors (Lipinski definition) is 1. The highest BCUT2D eigenvalue weighted by Crippen LogP contribution is 2.21. The Hall–Kier alpha value is -1.65. The molecule has 2 aromatic carbocycles. The van der Waals surface area contributed by atoms with Crippen LogP contribution in [0.25, 0.3) is 0 Å². The summed E-state index contributed by atoms with van der Waals surface area (Å²) < 4.78 is 26.1. The summed E-state index contributed by atoms with van der Waals surface area (Å²) in [4.78, 5) is 11.9. The summed E-state index contributed by atoms with van der Waals surface area (Å²) in [6.45, 7) is -0.0656. The second kappa shape index (κ2) is 6.20. The van der Waals surface area contributed by atoms with E-state index in [1.165, 1.54) is 24.3 Å². The minimum atomic E-state index is -0.715. The van der Waals surface area contributed by atoms with Crippen LogP contribution in [-0.2, 0) is 6.54 Å². The van der Waals surface area contributed by atoms with Gasteiger partial charge in [-0.1, -0.05) is 29.3 Å². The van der Waals surface area contributed by atoms with E-state index >= 15 is 0 Å². The van der Waals surface area contributed by atoms with Crippen molar-refractivity contribution in [2.24, 2.45) is 0 Å². The molecule has 0 aliphatic heterocycles. The van der Waals surface area contributed by atoms with Crippen LogP contribution < -0.4 is 5.32 Å². The van der Waals surface area contributed by atoms with Crippen molar-refractivity contribution < 1.29 is 13.6 Å². The fourth-order valence-electron chi connectivity index (χ4n) is 1.61. The number of rotatable bonds is 3. The normalized spacial score (nSPS) is 10.4. The zero-order valence-corrected chi connectivity index (χ0v) is 11.6. The number of carbonyl (C=O) groups is 1. The monoisotopic (exact) mass is 315 g/mol. The molecule has 0 heterocycles. The molecule has 0 aromatic heterocycles. The molecule has 104 valence electrons. The van der Waals surface area contributed by atoms with Crippen LogP contribution in [0.2, 0.25) is 10.0 Å². The summed E-state index contributed by atoms with van der Waals surface area (Å²) in [7, 11) is 0. The molecule has 2 aromatic rings. The predicted molar refractivity (Wildman–Crippen MR) is 74.0 cm³/mol. The summed E-state index contributed by atoms with van der Waals surface area (Å²) in [6, 6.07) is 7.60. The lowest BCUT2D eigenvalue weighted by Gasteiger charge is -2.08. The molecule has 0 spiro atoms. The average molecular weight is 316 g/mol. The van der Waals surface area contributed by atoms with Crippen molar-refractivity contribution in [2.75, 3.05) is 0 Å². The summed E-state index contributed by atoms with van der Waals surface area (Å²) in [5.74, 6) is -1.85. The van der Waals surface area contributed by atoms with Crippen LogP contribution in [0.15, 0.2) is 36.4 Å². The van der Waals surface area contributed by atoms with E-state index in [2.05, 4.69) is 5.32 Å². The fraction of sp³-hybridized carbons (Fsp3) is 0.0714. The number of hydrogen-bond acceptors (Lipinski definition) is 1. The zero-order valence-electron chi connectivity index (χ0n) is 10.1. The molecule has 0 bridgehead atoms. The van der Waals surface area contributed by atoms with E-state index in [9.17, 15) is 13.6 Å². The molecule has 2 nitrogen and oxygen atoms in total. The van der Waals surface area contributed by atoms with E-state index in [1.807, 2.05) is 0 Å². The predicted octanol–water partition coefficient (Wildman–Crippen LogP) is 4.20. The van der Waals surface area contributed by atoms with Crippen molar-refractivity contribution in [3.8, 4) is 0 Å². The molecular weight excluding hydrogens is 307 g/mol. The van der Waals surface area contributed by atoms with Gasteiger partial charge in [-0.25, -0.2) is 8.78 Å². The first-order valence-corrected chi connectivity index (χ1v) is 6.40. The van der Waals surface area contributed by atoms with E-state index in [1.54, 1.807) is 0 Å². The molecule has 0 aliphatic carbocycles. The Morgan fingerprint density at radius 2 is 1.85 bits per heavy atom. The maximum Gasteiger partial charge on any atom is 0.253 e. The highest BCUT2D eigenvalue weighted by molar-refractivity contribution is 6.36. The van der Waals surface area contributed by atoms with Crippen molar-refractivity contribution in [3.63, 3.8) is 0 Å². The van der Waals surface area contributed by atoms with Crippen molar-refractivity contribution >= 4 is 29.1 Å². The maximum absolute atomic E-state index is 13.4. The number of amides is 1. The fourth-order valence-corrected chi connectivity index (χ4v) is 2.10. The first kappa shape index (κ1) is 14.8. The minimum absolute atomic E-state index is 0.0656. The van der Waals surface area contributed by atoms with Crippen LogP contribution in [0.4, 0.5) is 8.78 Å². The molecule has 20 heavy (non-hydrogen) atoms.